The van der Waals surface area contributed by atoms with Crippen molar-refractivity contribution >= 4 is 49.8 Å². The number of aryl methyl sites for hydroxylation is 1. The Hall–Kier alpha value is -2.39. The van der Waals surface area contributed by atoms with Gasteiger partial charge in [-0.25, -0.2) is 13.8 Å². The van der Waals surface area contributed by atoms with Gasteiger partial charge in [0.2, 0.25) is 5.91 Å². The van der Waals surface area contributed by atoms with Gasteiger partial charge in [-0.2, -0.15) is 0 Å². The third-order valence-corrected chi connectivity index (χ3v) is 5.99. The predicted octanol–water partition coefficient (Wildman–Crippen LogP) is 4.60. The number of halogens is 2. The van der Waals surface area contributed by atoms with Crippen LogP contribution in [0.3, 0.4) is 0 Å². The van der Waals surface area contributed by atoms with Gasteiger partial charge in [0.05, 0.1) is 23.2 Å². The van der Waals surface area contributed by atoms with E-state index in [9.17, 15) is 18.4 Å². The lowest BCUT2D eigenvalue weighted by Gasteiger charge is -2.21. The van der Waals surface area contributed by atoms with E-state index in [0.717, 1.165) is 34.0 Å². The van der Waals surface area contributed by atoms with Gasteiger partial charge in [0.25, 0.3) is 0 Å². The molecule has 0 aliphatic carbocycles. The largest absolute Gasteiger partial charge is 0.481 e. The minimum Gasteiger partial charge on any atom is -0.481 e. The predicted molar refractivity (Wildman–Crippen MR) is 101 cm³/mol. The number of hydrogen-bond donors (Lipinski definition) is 1. The minimum atomic E-state index is -1.05. The summed E-state index contributed by atoms with van der Waals surface area (Å²) < 4.78 is 27.6. The van der Waals surface area contributed by atoms with Crippen LogP contribution in [0.25, 0.3) is 10.2 Å². The average molecular weight is 410 g/mol. The molecule has 0 unspecified atom stereocenters. The Balaban J connectivity index is 1.94. The monoisotopic (exact) mass is 410 g/mol. The zero-order chi connectivity index (χ0) is 19.6. The van der Waals surface area contributed by atoms with E-state index < -0.39 is 17.6 Å². The molecule has 9 heteroatoms. The number of aromatic nitrogens is 1. The first-order valence-corrected chi connectivity index (χ1v) is 9.91. The number of thiophene rings is 1. The SMILES string of the molecule is CCc1ccsc1N(Cc1nc2cc(F)cc(F)c2s1)C(=O)CCC(=O)O. The number of benzene rings is 1. The summed E-state index contributed by atoms with van der Waals surface area (Å²) in [5.41, 5.74) is 1.16. The zero-order valence-electron chi connectivity index (χ0n) is 14.4. The van der Waals surface area contributed by atoms with Crippen molar-refractivity contribution < 1.29 is 23.5 Å². The second-order valence-corrected chi connectivity index (χ2v) is 7.80. The van der Waals surface area contributed by atoms with E-state index in [1.165, 1.54) is 16.2 Å². The van der Waals surface area contributed by atoms with Crippen molar-refractivity contribution in [1.29, 1.82) is 0 Å². The molecule has 3 rings (SSSR count). The van der Waals surface area contributed by atoms with Crippen LogP contribution < -0.4 is 4.90 Å². The van der Waals surface area contributed by atoms with E-state index in [0.29, 0.717) is 11.4 Å². The fourth-order valence-electron chi connectivity index (χ4n) is 2.66. The smallest absolute Gasteiger partial charge is 0.303 e. The zero-order valence-corrected chi connectivity index (χ0v) is 16.0. The summed E-state index contributed by atoms with van der Waals surface area (Å²) in [4.78, 5) is 29.2. The van der Waals surface area contributed by atoms with Crippen LogP contribution in [0.15, 0.2) is 23.6 Å². The maximum absolute atomic E-state index is 13.9. The number of anilines is 1. The molecule has 0 atom stereocenters. The van der Waals surface area contributed by atoms with Gasteiger partial charge in [-0.1, -0.05) is 6.92 Å². The maximum Gasteiger partial charge on any atom is 0.303 e. The highest BCUT2D eigenvalue weighted by molar-refractivity contribution is 7.18. The molecule has 0 spiro atoms. The standard InChI is InChI=1S/C18H16F2N2O3S2/c1-2-10-5-6-26-18(10)22(15(23)3-4-16(24)25)9-14-21-13-8-11(19)7-12(20)17(13)27-14/h5-8H,2-4,9H2,1H3,(H,24,25). The highest BCUT2D eigenvalue weighted by Crippen LogP contribution is 2.33. The second kappa shape index (κ2) is 8.10. The Bertz CT molecular complexity index is 1000. The molecule has 27 heavy (non-hydrogen) atoms. The van der Waals surface area contributed by atoms with E-state index in [2.05, 4.69) is 4.98 Å². The number of amides is 1. The molecule has 0 bridgehead atoms. The summed E-state index contributed by atoms with van der Waals surface area (Å²) in [6.07, 6.45) is 0.285. The molecule has 2 heterocycles. The molecule has 0 saturated heterocycles. The van der Waals surface area contributed by atoms with Crippen molar-refractivity contribution in [2.45, 2.75) is 32.7 Å². The molecule has 0 aliphatic rings. The molecule has 1 aromatic carbocycles. The van der Waals surface area contributed by atoms with Crippen molar-refractivity contribution in [3.05, 3.63) is 45.8 Å². The van der Waals surface area contributed by atoms with Crippen molar-refractivity contribution in [2.24, 2.45) is 0 Å². The van der Waals surface area contributed by atoms with Crippen LogP contribution in [0.5, 0.6) is 0 Å². The molecule has 2 aromatic heterocycles. The number of nitrogens with zero attached hydrogens (tertiary/aromatic N) is 2. The molecule has 0 radical (unpaired) electrons. The van der Waals surface area contributed by atoms with Gasteiger partial charge < -0.3 is 5.11 Å². The van der Waals surface area contributed by atoms with Crippen LogP contribution in [0.2, 0.25) is 0 Å². The number of fused-ring (bicyclic) bond motifs is 1. The number of carbonyl (C=O) groups excluding carboxylic acids is 1. The highest BCUT2D eigenvalue weighted by atomic mass is 32.1. The Morgan fingerprint density at radius 1 is 1.26 bits per heavy atom. The fraction of sp³-hybridized carbons (Fsp3) is 0.278. The Kier molecular flexibility index (Phi) is 5.81. The Morgan fingerprint density at radius 2 is 2.04 bits per heavy atom. The van der Waals surface area contributed by atoms with Gasteiger partial charge in [0.1, 0.15) is 21.6 Å². The molecule has 1 N–H and O–H groups in total. The lowest BCUT2D eigenvalue weighted by atomic mass is 10.2. The number of thiazole rings is 1. The van der Waals surface area contributed by atoms with Crippen molar-refractivity contribution in [3.8, 4) is 0 Å². The molecule has 5 nitrogen and oxygen atoms in total. The number of rotatable bonds is 7. The summed E-state index contributed by atoms with van der Waals surface area (Å²) in [6, 6.07) is 3.86. The molecule has 142 valence electrons. The third kappa shape index (κ3) is 4.30. The van der Waals surface area contributed by atoms with Crippen molar-refractivity contribution in [1.82, 2.24) is 4.98 Å². The summed E-state index contributed by atoms with van der Waals surface area (Å²) in [5, 5.41) is 11.9. The quantitative estimate of drug-likeness (QED) is 0.618. The van der Waals surface area contributed by atoms with Crippen LogP contribution in [0.1, 0.15) is 30.3 Å². The Morgan fingerprint density at radius 3 is 2.74 bits per heavy atom. The molecular formula is C18H16F2N2O3S2. The van der Waals surface area contributed by atoms with Crippen LogP contribution in [0.4, 0.5) is 13.8 Å². The molecule has 0 saturated carbocycles. The maximum atomic E-state index is 13.9. The third-order valence-electron chi connectivity index (χ3n) is 3.95. The van der Waals surface area contributed by atoms with Crippen LogP contribution in [0, 0.1) is 11.6 Å². The highest BCUT2D eigenvalue weighted by Gasteiger charge is 2.23. The van der Waals surface area contributed by atoms with E-state index in [4.69, 9.17) is 5.11 Å². The van der Waals surface area contributed by atoms with Gasteiger partial charge in [0, 0.05) is 18.6 Å². The van der Waals surface area contributed by atoms with E-state index in [1.807, 2.05) is 18.4 Å². The number of carboxylic acids is 1. The van der Waals surface area contributed by atoms with Crippen molar-refractivity contribution in [3.63, 3.8) is 0 Å². The van der Waals surface area contributed by atoms with Gasteiger partial charge in [-0.3, -0.25) is 14.5 Å². The summed E-state index contributed by atoms with van der Waals surface area (Å²) in [5.74, 6) is -2.80. The number of carboxylic acid groups (broad SMARTS) is 1. The van der Waals surface area contributed by atoms with E-state index >= 15 is 0 Å². The van der Waals surface area contributed by atoms with E-state index in [-0.39, 0.29) is 35.5 Å². The molecule has 1 amide bonds. The van der Waals surface area contributed by atoms with Gasteiger partial charge in [-0.15, -0.1) is 22.7 Å². The van der Waals surface area contributed by atoms with E-state index in [1.54, 1.807) is 0 Å². The number of aliphatic carboxylic acids is 1. The average Bonchev–Trinajstić information content (AvgIpc) is 3.23. The fourth-order valence-corrected chi connectivity index (χ4v) is 4.62. The first kappa shape index (κ1) is 19.4. The van der Waals surface area contributed by atoms with Gasteiger partial charge in [0.15, 0.2) is 0 Å². The van der Waals surface area contributed by atoms with Crippen LogP contribution >= 0.6 is 22.7 Å². The molecular weight excluding hydrogens is 394 g/mol. The number of carbonyl (C=O) groups is 2. The van der Waals surface area contributed by atoms with Gasteiger partial charge in [-0.05, 0) is 23.4 Å². The first-order valence-electron chi connectivity index (χ1n) is 8.22. The summed E-state index contributed by atoms with van der Waals surface area (Å²) in [7, 11) is 0. The number of hydrogen-bond acceptors (Lipinski definition) is 5. The normalized spacial score (nSPS) is 11.1. The minimum absolute atomic E-state index is 0.0758. The van der Waals surface area contributed by atoms with Crippen LogP contribution in [-0.4, -0.2) is 22.0 Å². The summed E-state index contributed by atoms with van der Waals surface area (Å²) >= 11 is 2.43. The van der Waals surface area contributed by atoms with Crippen LogP contribution in [-0.2, 0) is 22.6 Å². The van der Waals surface area contributed by atoms with Crippen molar-refractivity contribution in [2.75, 3.05) is 4.90 Å². The Labute approximate surface area is 161 Å². The van der Waals surface area contributed by atoms with Gasteiger partial charge >= 0.3 is 5.97 Å². The lowest BCUT2D eigenvalue weighted by molar-refractivity contribution is -0.138. The second-order valence-electron chi connectivity index (χ2n) is 5.82. The topological polar surface area (TPSA) is 70.5 Å². The molecule has 0 fully saturated rings. The summed E-state index contributed by atoms with van der Waals surface area (Å²) in [6.45, 7) is 2.04. The molecule has 0 aliphatic heterocycles. The first-order chi connectivity index (χ1) is 12.9. The molecule has 3 aromatic rings. The lowest BCUT2D eigenvalue weighted by Crippen LogP contribution is -2.30.